The van der Waals surface area contributed by atoms with Gasteiger partial charge in [0.15, 0.2) is 6.61 Å². The van der Waals surface area contributed by atoms with Crippen LogP contribution in [-0.2, 0) is 27.3 Å². The normalized spacial score (nSPS) is 17.0. The van der Waals surface area contributed by atoms with Crippen LogP contribution in [0.15, 0.2) is 24.3 Å². The summed E-state index contributed by atoms with van der Waals surface area (Å²) in [6.07, 6.45) is 0.550. The van der Waals surface area contributed by atoms with Gasteiger partial charge in [-0.05, 0) is 31.5 Å². The highest BCUT2D eigenvalue weighted by Gasteiger charge is 2.34. The molecule has 0 bridgehead atoms. The average Bonchev–Trinajstić information content (AvgIpc) is 2.82. The van der Waals surface area contributed by atoms with Gasteiger partial charge in [-0.1, -0.05) is 12.1 Å². The molecule has 1 fully saturated rings. The van der Waals surface area contributed by atoms with Crippen LogP contribution < -0.4 is 19.7 Å². The smallest absolute Gasteiger partial charge is 0.262 e. The second kappa shape index (κ2) is 9.65. The molecule has 4 rings (SSSR count). The van der Waals surface area contributed by atoms with E-state index in [0.717, 1.165) is 16.9 Å². The third-order valence-electron chi connectivity index (χ3n) is 5.71. The van der Waals surface area contributed by atoms with E-state index in [2.05, 4.69) is 21.3 Å². The molecule has 2 aliphatic heterocycles. The zero-order valence-electron chi connectivity index (χ0n) is 19.1. The summed E-state index contributed by atoms with van der Waals surface area (Å²) in [5.74, 6) is 1.06. The summed E-state index contributed by atoms with van der Waals surface area (Å²) in [5, 5.41) is 12.7. The van der Waals surface area contributed by atoms with Crippen molar-refractivity contribution in [3.05, 3.63) is 41.0 Å². The number of aromatic nitrogens is 1. The van der Waals surface area contributed by atoms with Gasteiger partial charge in [-0.15, -0.1) is 0 Å². The fourth-order valence-electron chi connectivity index (χ4n) is 4.05. The number of nitriles is 1. The number of nitrogens with one attached hydrogen (secondary N) is 1. The Balaban J connectivity index is 1.61. The van der Waals surface area contributed by atoms with E-state index in [4.69, 9.17) is 18.9 Å². The molecule has 0 radical (unpaired) electrons. The molecule has 0 atom stereocenters. The molecule has 1 saturated heterocycles. The van der Waals surface area contributed by atoms with E-state index >= 15 is 0 Å². The Morgan fingerprint density at radius 3 is 2.76 bits per heavy atom. The summed E-state index contributed by atoms with van der Waals surface area (Å²) in [6, 6.07) is 9.37. The van der Waals surface area contributed by atoms with E-state index in [1.807, 2.05) is 19.9 Å². The number of benzene rings is 1. The highest BCUT2D eigenvalue weighted by molar-refractivity contribution is 5.93. The molecule has 1 aromatic carbocycles. The maximum absolute atomic E-state index is 12.6. The molecule has 1 amide bonds. The number of ether oxygens (including phenoxy) is 4. The van der Waals surface area contributed by atoms with Crippen molar-refractivity contribution < 1.29 is 23.7 Å². The summed E-state index contributed by atoms with van der Waals surface area (Å²) in [6.45, 7) is 6.62. The Hall–Kier alpha value is -3.35. The van der Waals surface area contributed by atoms with Crippen molar-refractivity contribution in [3.8, 4) is 17.7 Å². The number of nitrogens with zero attached hydrogens (tertiary/aromatic N) is 3. The van der Waals surface area contributed by atoms with Crippen molar-refractivity contribution in [2.24, 2.45) is 0 Å². The molecule has 1 N–H and O–H groups in total. The highest BCUT2D eigenvalue weighted by atomic mass is 16.5. The number of amides is 1. The standard InChI is InChI=1S/C24H28N4O5/c1-24(2)12-16-17(13-25)23(27-22(18(16)14-33-24)28-8-10-31-11-9-28)32-15-21(29)26-19-6-4-5-7-20(19)30-3/h4-7H,8-12,14-15H2,1-3H3,(H,26,29). The monoisotopic (exact) mass is 452 g/mol. The first-order valence-electron chi connectivity index (χ1n) is 10.9. The molecule has 0 spiro atoms. The summed E-state index contributed by atoms with van der Waals surface area (Å²) < 4.78 is 22.6. The summed E-state index contributed by atoms with van der Waals surface area (Å²) >= 11 is 0. The third-order valence-corrected chi connectivity index (χ3v) is 5.71. The second-order valence-corrected chi connectivity index (χ2v) is 8.55. The van der Waals surface area contributed by atoms with E-state index in [0.29, 0.717) is 56.3 Å². The maximum Gasteiger partial charge on any atom is 0.262 e. The van der Waals surface area contributed by atoms with E-state index < -0.39 is 5.60 Å². The molecule has 2 aliphatic rings. The van der Waals surface area contributed by atoms with E-state index in [-0.39, 0.29) is 18.4 Å². The summed E-state index contributed by atoms with van der Waals surface area (Å²) in [4.78, 5) is 19.4. The van der Waals surface area contributed by atoms with Gasteiger partial charge in [0.2, 0.25) is 5.88 Å². The SMILES string of the molecule is COc1ccccc1NC(=O)COc1nc(N2CCOCC2)c2c(c1C#N)CC(C)(C)OC2. The van der Waals surface area contributed by atoms with Crippen LogP contribution in [0.5, 0.6) is 11.6 Å². The molecule has 3 heterocycles. The van der Waals surface area contributed by atoms with Gasteiger partial charge >= 0.3 is 0 Å². The van der Waals surface area contributed by atoms with Crippen molar-refractivity contribution in [2.75, 3.05) is 50.2 Å². The first-order valence-corrected chi connectivity index (χ1v) is 10.9. The second-order valence-electron chi connectivity index (χ2n) is 8.55. The molecule has 0 unspecified atom stereocenters. The lowest BCUT2D eigenvalue weighted by atomic mass is 9.89. The number of methoxy groups -OCH3 is 1. The molecule has 9 heteroatoms. The van der Waals surface area contributed by atoms with Gasteiger partial charge in [0.05, 0.1) is 38.2 Å². The topological polar surface area (TPSA) is 106 Å². The van der Waals surface area contributed by atoms with Crippen LogP contribution in [0.25, 0.3) is 0 Å². The number of hydrogen-bond acceptors (Lipinski definition) is 8. The number of anilines is 2. The molecular weight excluding hydrogens is 424 g/mol. The zero-order valence-corrected chi connectivity index (χ0v) is 19.1. The largest absolute Gasteiger partial charge is 0.495 e. The maximum atomic E-state index is 12.6. The van der Waals surface area contributed by atoms with Gasteiger partial charge in [0.25, 0.3) is 5.91 Å². The first-order chi connectivity index (χ1) is 15.9. The van der Waals surface area contributed by atoms with E-state index in [1.165, 1.54) is 7.11 Å². The predicted octanol–water partition coefficient (Wildman–Crippen LogP) is 2.67. The van der Waals surface area contributed by atoms with Crippen LogP contribution in [0.3, 0.4) is 0 Å². The van der Waals surface area contributed by atoms with Crippen LogP contribution in [0.2, 0.25) is 0 Å². The van der Waals surface area contributed by atoms with Crippen LogP contribution in [0.4, 0.5) is 11.5 Å². The number of para-hydroxylation sites is 2. The summed E-state index contributed by atoms with van der Waals surface area (Å²) in [7, 11) is 1.54. The first kappa shape index (κ1) is 22.8. The summed E-state index contributed by atoms with van der Waals surface area (Å²) in [5.41, 5.74) is 2.24. The predicted molar refractivity (Wildman–Crippen MR) is 122 cm³/mol. The Bertz CT molecular complexity index is 1070. The van der Waals surface area contributed by atoms with Crippen LogP contribution >= 0.6 is 0 Å². The highest BCUT2D eigenvalue weighted by Crippen LogP contribution is 2.38. The molecule has 33 heavy (non-hydrogen) atoms. The number of carbonyl (C=O) groups excluding carboxylic acids is 1. The Labute approximate surface area is 193 Å². The van der Waals surface area contributed by atoms with Crippen LogP contribution in [0, 0.1) is 11.3 Å². The number of hydrogen-bond donors (Lipinski definition) is 1. The minimum atomic E-state index is -0.416. The lowest BCUT2D eigenvalue weighted by Gasteiger charge is -2.36. The molecular formula is C24H28N4O5. The number of carbonyl (C=O) groups is 1. The minimum Gasteiger partial charge on any atom is -0.495 e. The Kier molecular flexibility index (Phi) is 6.67. The lowest BCUT2D eigenvalue weighted by molar-refractivity contribution is -0.118. The van der Waals surface area contributed by atoms with Crippen molar-refractivity contribution >= 4 is 17.4 Å². The van der Waals surface area contributed by atoms with Crippen molar-refractivity contribution in [2.45, 2.75) is 32.5 Å². The van der Waals surface area contributed by atoms with Gasteiger partial charge < -0.3 is 29.2 Å². The molecule has 9 nitrogen and oxygen atoms in total. The quantitative estimate of drug-likeness (QED) is 0.713. The fraction of sp³-hybridized carbons (Fsp3) is 0.458. The van der Waals surface area contributed by atoms with Gasteiger partial charge in [-0.2, -0.15) is 10.2 Å². The fourth-order valence-corrected chi connectivity index (χ4v) is 4.05. The van der Waals surface area contributed by atoms with Crippen molar-refractivity contribution in [1.82, 2.24) is 4.98 Å². The van der Waals surface area contributed by atoms with Crippen LogP contribution in [-0.4, -0.2) is 56.5 Å². The van der Waals surface area contributed by atoms with E-state index in [9.17, 15) is 10.1 Å². The van der Waals surface area contributed by atoms with Crippen molar-refractivity contribution in [1.29, 1.82) is 5.26 Å². The molecule has 174 valence electrons. The molecule has 2 aromatic rings. The number of pyridine rings is 1. The van der Waals surface area contributed by atoms with Crippen LogP contribution in [0.1, 0.15) is 30.5 Å². The Morgan fingerprint density at radius 1 is 1.27 bits per heavy atom. The third kappa shape index (κ3) is 5.02. The molecule has 1 aromatic heterocycles. The number of morpholine rings is 1. The zero-order chi connectivity index (χ0) is 23.4. The van der Waals surface area contributed by atoms with Gasteiger partial charge in [0, 0.05) is 25.1 Å². The number of fused-ring (bicyclic) bond motifs is 1. The molecule has 0 saturated carbocycles. The lowest BCUT2D eigenvalue weighted by Crippen LogP contribution is -2.39. The van der Waals surface area contributed by atoms with Crippen molar-refractivity contribution in [3.63, 3.8) is 0 Å². The van der Waals surface area contributed by atoms with E-state index in [1.54, 1.807) is 18.2 Å². The van der Waals surface area contributed by atoms with Gasteiger partial charge in [-0.3, -0.25) is 4.79 Å². The van der Waals surface area contributed by atoms with Gasteiger partial charge in [-0.25, -0.2) is 0 Å². The Morgan fingerprint density at radius 2 is 2.03 bits per heavy atom. The van der Waals surface area contributed by atoms with Gasteiger partial charge in [0.1, 0.15) is 23.2 Å². The molecule has 0 aliphatic carbocycles. The number of rotatable bonds is 6. The average molecular weight is 453 g/mol. The minimum absolute atomic E-state index is 0.158.